The number of hydrogen-bond donors (Lipinski definition) is 0. The standard InChI is InChI=1S/C22H19FN4O/c1-2-22(18-7-3-16(11-24)4-8-18)21(28)26(14-20-12-25-15-27(20)22)13-17-5-9-19(23)10-6-17/h3-10,12,15H,2,13-14H2,1H3/t22-/m0/s1. The van der Waals surface area contributed by atoms with Crippen LogP contribution in [0.15, 0.2) is 61.1 Å². The van der Waals surface area contributed by atoms with Crippen LogP contribution in [-0.2, 0) is 23.4 Å². The van der Waals surface area contributed by atoms with Gasteiger partial charge >= 0.3 is 0 Å². The van der Waals surface area contributed by atoms with Gasteiger partial charge in [-0.1, -0.05) is 31.2 Å². The molecule has 0 unspecified atom stereocenters. The summed E-state index contributed by atoms with van der Waals surface area (Å²) in [6.45, 7) is 2.80. The Balaban J connectivity index is 1.79. The first-order valence-electron chi connectivity index (χ1n) is 9.14. The van der Waals surface area contributed by atoms with Gasteiger partial charge in [-0.25, -0.2) is 9.37 Å². The lowest BCUT2D eigenvalue weighted by atomic mass is 9.83. The second-order valence-corrected chi connectivity index (χ2v) is 6.95. The minimum Gasteiger partial charge on any atom is -0.330 e. The summed E-state index contributed by atoms with van der Waals surface area (Å²) >= 11 is 0. The fourth-order valence-corrected chi connectivity index (χ4v) is 3.96. The van der Waals surface area contributed by atoms with Gasteiger partial charge in [0.1, 0.15) is 11.4 Å². The molecule has 6 heteroatoms. The summed E-state index contributed by atoms with van der Waals surface area (Å²) in [7, 11) is 0. The lowest BCUT2D eigenvalue weighted by molar-refractivity contribution is -0.143. The van der Waals surface area contributed by atoms with Crippen LogP contribution in [0.1, 0.15) is 35.7 Å². The predicted octanol–water partition coefficient (Wildman–Crippen LogP) is 3.59. The highest BCUT2D eigenvalue weighted by molar-refractivity contribution is 5.89. The molecule has 28 heavy (non-hydrogen) atoms. The van der Waals surface area contributed by atoms with E-state index in [0.29, 0.717) is 25.1 Å². The van der Waals surface area contributed by atoms with Crippen molar-refractivity contribution in [1.82, 2.24) is 14.5 Å². The highest BCUT2D eigenvalue weighted by Crippen LogP contribution is 2.38. The molecule has 0 aliphatic carbocycles. The first-order valence-corrected chi connectivity index (χ1v) is 9.14. The molecular formula is C22H19FN4O. The largest absolute Gasteiger partial charge is 0.330 e. The molecule has 0 saturated heterocycles. The van der Waals surface area contributed by atoms with E-state index in [1.807, 2.05) is 23.6 Å². The Morgan fingerprint density at radius 3 is 2.54 bits per heavy atom. The van der Waals surface area contributed by atoms with Crippen molar-refractivity contribution >= 4 is 5.91 Å². The Morgan fingerprint density at radius 2 is 1.89 bits per heavy atom. The molecule has 3 aromatic rings. The molecule has 1 amide bonds. The number of hydrogen-bond acceptors (Lipinski definition) is 3. The van der Waals surface area contributed by atoms with Gasteiger partial charge in [0.05, 0.1) is 30.2 Å². The second kappa shape index (κ2) is 6.93. The lowest BCUT2D eigenvalue weighted by Gasteiger charge is -2.43. The minimum absolute atomic E-state index is 0.0328. The first-order chi connectivity index (χ1) is 13.6. The molecule has 1 aliphatic heterocycles. The van der Waals surface area contributed by atoms with E-state index in [9.17, 15) is 9.18 Å². The van der Waals surface area contributed by atoms with E-state index >= 15 is 0 Å². The van der Waals surface area contributed by atoms with E-state index in [4.69, 9.17) is 5.26 Å². The fraction of sp³-hybridized carbons (Fsp3) is 0.227. The van der Waals surface area contributed by atoms with E-state index in [-0.39, 0.29) is 11.7 Å². The third-order valence-electron chi connectivity index (χ3n) is 5.41. The molecule has 2 heterocycles. The Bertz CT molecular complexity index is 1050. The van der Waals surface area contributed by atoms with Crippen LogP contribution >= 0.6 is 0 Å². The molecule has 2 aromatic carbocycles. The normalized spacial score (nSPS) is 18.6. The highest BCUT2D eigenvalue weighted by Gasteiger charge is 2.47. The van der Waals surface area contributed by atoms with Crippen molar-refractivity contribution in [2.45, 2.75) is 32.0 Å². The average Bonchev–Trinajstić information content (AvgIpc) is 3.19. The van der Waals surface area contributed by atoms with Crippen LogP contribution in [0.25, 0.3) is 0 Å². The summed E-state index contributed by atoms with van der Waals surface area (Å²) in [5.74, 6) is -0.332. The van der Waals surface area contributed by atoms with Crippen molar-refractivity contribution < 1.29 is 9.18 Å². The van der Waals surface area contributed by atoms with Gasteiger partial charge < -0.3 is 9.47 Å². The van der Waals surface area contributed by atoms with Crippen LogP contribution in [0.4, 0.5) is 4.39 Å². The summed E-state index contributed by atoms with van der Waals surface area (Å²) in [6, 6.07) is 15.5. The number of amides is 1. The van der Waals surface area contributed by atoms with Gasteiger partial charge in [-0.2, -0.15) is 5.26 Å². The minimum atomic E-state index is -0.919. The van der Waals surface area contributed by atoms with E-state index < -0.39 is 5.54 Å². The third kappa shape index (κ3) is 2.76. The second-order valence-electron chi connectivity index (χ2n) is 6.95. The Kier molecular flexibility index (Phi) is 4.44. The maximum atomic E-state index is 13.7. The summed E-state index contributed by atoms with van der Waals surface area (Å²) in [4.78, 5) is 19.8. The number of aromatic nitrogens is 2. The number of fused-ring (bicyclic) bond motifs is 1. The first kappa shape index (κ1) is 17.9. The summed E-state index contributed by atoms with van der Waals surface area (Å²) in [5, 5.41) is 9.10. The van der Waals surface area contributed by atoms with E-state index in [2.05, 4.69) is 11.1 Å². The van der Waals surface area contributed by atoms with Gasteiger partial charge in [0.25, 0.3) is 5.91 Å². The molecule has 0 N–H and O–H groups in total. The van der Waals surface area contributed by atoms with Crippen LogP contribution in [0, 0.1) is 17.1 Å². The number of nitrogens with zero attached hydrogens (tertiary/aromatic N) is 4. The van der Waals surface area contributed by atoms with Crippen LogP contribution in [0.5, 0.6) is 0 Å². The van der Waals surface area contributed by atoms with Crippen molar-refractivity contribution in [3.8, 4) is 6.07 Å². The van der Waals surface area contributed by atoms with Crippen molar-refractivity contribution in [3.05, 3.63) is 89.3 Å². The summed E-state index contributed by atoms with van der Waals surface area (Å²) in [6.07, 6.45) is 4.02. The summed E-state index contributed by atoms with van der Waals surface area (Å²) < 4.78 is 15.2. The Hall–Kier alpha value is -3.46. The third-order valence-corrected chi connectivity index (χ3v) is 5.41. The molecule has 1 aliphatic rings. The maximum absolute atomic E-state index is 13.7. The number of carbonyl (C=O) groups excluding carboxylic acids is 1. The molecule has 0 radical (unpaired) electrons. The SMILES string of the molecule is CC[C@]1(c2ccc(C#N)cc2)C(=O)N(Cc2ccc(F)cc2)Cc2cncn21. The van der Waals surface area contributed by atoms with Crippen LogP contribution in [-0.4, -0.2) is 20.4 Å². The fourth-order valence-electron chi connectivity index (χ4n) is 3.96. The van der Waals surface area contributed by atoms with Crippen LogP contribution in [0.3, 0.4) is 0 Å². The van der Waals surface area contributed by atoms with E-state index in [0.717, 1.165) is 16.8 Å². The van der Waals surface area contributed by atoms with Crippen LogP contribution in [0.2, 0.25) is 0 Å². The zero-order valence-corrected chi connectivity index (χ0v) is 15.5. The molecule has 0 saturated carbocycles. The van der Waals surface area contributed by atoms with Gasteiger partial charge in [-0.3, -0.25) is 4.79 Å². The molecular weight excluding hydrogens is 355 g/mol. The number of halogens is 1. The molecule has 5 nitrogen and oxygen atoms in total. The quantitative estimate of drug-likeness (QED) is 0.701. The molecule has 1 atom stereocenters. The zero-order valence-electron chi connectivity index (χ0n) is 15.5. The topological polar surface area (TPSA) is 61.9 Å². The number of nitriles is 1. The number of rotatable bonds is 4. The lowest BCUT2D eigenvalue weighted by Crippen LogP contribution is -2.54. The average molecular weight is 374 g/mol. The number of benzene rings is 2. The highest BCUT2D eigenvalue weighted by atomic mass is 19.1. The smallest absolute Gasteiger partial charge is 0.254 e. The van der Waals surface area contributed by atoms with Gasteiger partial charge in [0, 0.05) is 12.7 Å². The zero-order chi connectivity index (χ0) is 19.7. The maximum Gasteiger partial charge on any atom is 0.254 e. The number of carbonyl (C=O) groups is 1. The van der Waals surface area contributed by atoms with Crippen molar-refractivity contribution in [2.75, 3.05) is 0 Å². The van der Waals surface area contributed by atoms with Crippen molar-refractivity contribution in [1.29, 1.82) is 5.26 Å². The monoisotopic (exact) mass is 374 g/mol. The van der Waals surface area contributed by atoms with Crippen LogP contribution < -0.4 is 0 Å². The molecule has 1 aromatic heterocycles. The molecule has 0 spiro atoms. The van der Waals surface area contributed by atoms with Gasteiger partial charge in [0.15, 0.2) is 0 Å². The van der Waals surface area contributed by atoms with Gasteiger partial charge in [-0.05, 0) is 41.8 Å². The van der Waals surface area contributed by atoms with Crippen molar-refractivity contribution in [3.63, 3.8) is 0 Å². The van der Waals surface area contributed by atoms with E-state index in [1.54, 1.807) is 41.7 Å². The molecule has 0 fully saturated rings. The van der Waals surface area contributed by atoms with E-state index in [1.165, 1.54) is 12.1 Å². The summed E-state index contributed by atoms with van der Waals surface area (Å²) in [5.41, 5.74) is 2.26. The Morgan fingerprint density at radius 1 is 1.18 bits per heavy atom. The van der Waals surface area contributed by atoms with Crippen molar-refractivity contribution in [2.24, 2.45) is 0 Å². The molecule has 140 valence electrons. The molecule has 0 bridgehead atoms. The predicted molar refractivity (Wildman–Crippen MR) is 101 cm³/mol. The molecule has 4 rings (SSSR count). The Labute approximate surface area is 162 Å². The van der Waals surface area contributed by atoms with Gasteiger partial charge in [-0.15, -0.1) is 0 Å². The van der Waals surface area contributed by atoms with Gasteiger partial charge in [0.2, 0.25) is 0 Å². The number of imidazole rings is 1.